The van der Waals surface area contributed by atoms with E-state index in [0.717, 1.165) is 6.42 Å². The van der Waals surface area contributed by atoms with Gasteiger partial charge in [0.25, 0.3) is 0 Å². The summed E-state index contributed by atoms with van der Waals surface area (Å²) >= 11 is 0. The highest BCUT2D eigenvalue weighted by molar-refractivity contribution is 5.72. The van der Waals surface area contributed by atoms with E-state index in [4.69, 9.17) is 5.11 Å². The minimum absolute atomic E-state index is 0.415. The van der Waals surface area contributed by atoms with E-state index in [1.807, 2.05) is 6.92 Å². The summed E-state index contributed by atoms with van der Waals surface area (Å²) in [5, 5.41) is 18.8. The van der Waals surface area contributed by atoms with Gasteiger partial charge in [0.2, 0.25) is 0 Å². The molecule has 0 fully saturated rings. The molecule has 0 spiro atoms. The number of aliphatic hydroxyl groups is 1. The van der Waals surface area contributed by atoms with Crippen LogP contribution in [0.25, 0.3) is 0 Å². The Morgan fingerprint density at radius 1 is 1.62 bits per heavy atom. The van der Waals surface area contributed by atoms with Crippen LogP contribution in [0.3, 0.4) is 0 Å². The highest BCUT2D eigenvalue weighted by Crippen LogP contribution is 2.27. The number of carbonyl (C=O) groups is 1. The Balaban J connectivity index is 4.68. The van der Waals surface area contributed by atoms with Crippen molar-refractivity contribution in [3.8, 4) is 0 Å². The van der Waals surface area contributed by atoms with Crippen molar-refractivity contribution in [2.24, 2.45) is 5.92 Å². The zero-order valence-corrected chi connectivity index (χ0v) is 8.29. The lowest BCUT2D eigenvalue weighted by Gasteiger charge is -2.29. The highest BCUT2D eigenvalue weighted by atomic mass is 16.4. The highest BCUT2D eigenvalue weighted by Gasteiger charge is 2.36. The van der Waals surface area contributed by atoms with Crippen molar-refractivity contribution >= 4 is 5.97 Å². The lowest BCUT2D eigenvalue weighted by molar-refractivity contribution is -0.149. The molecule has 3 nitrogen and oxygen atoms in total. The molecule has 76 valence electrons. The Hall–Kier alpha value is -0.830. The molecule has 0 heterocycles. The number of hydrogen-bond acceptors (Lipinski definition) is 2. The number of rotatable bonds is 6. The van der Waals surface area contributed by atoms with Crippen molar-refractivity contribution in [3.63, 3.8) is 0 Å². The van der Waals surface area contributed by atoms with E-state index in [1.54, 1.807) is 6.92 Å². The van der Waals surface area contributed by atoms with Gasteiger partial charge in [-0.1, -0.05) is 26.3 Å². The van der Waals surface area contributed by atoms with Crippen LogP contribution in [0.1, 0.15) is 33.1 Å². The zero-order chi connectivity index (χ0) is 10.5. The number of hydrogen-bond donors (Lipinski definition) is 2. The van der Waals surface area contributed by atoms with Crippen LogP contribution in [0.5, 0.6) is 0 Å². The van der Waals surface area contributed by atoms with Crippen LogP contribution in [0, 0.1) is 5.92 Å². The van der Waals surface area contributed by atoms with Crippen LogP contribution in [0.2, 0.25) is 0 Å². The predicted molar refractivity (Wildman–Crippen MR) is 51.5 cm³/mol. The summed E-state index contributed by atoms with van der Waals surface area (Å²) in [6.45, 7) is 7.15. The van der Waals surface area contributed by atoms with Crippen molar-refractivity contribution in [1.82, 2.24) is 0 Å². The summed E-state index contributed by atoms with van der Waals surface area (Å²) < 4.78 is 0. The summed E-state index contributed by atoms with van der Waals surface area (Å²) in [5.41, 5.74) is -1.25. The Morgan fingerprint density at radius 2 is 2.15 bits per heavy atom. The molecule has 0 amide bonds. The van der Waals surface area contributed by atoms with E-state index in [9.17, 15) is 9.90 Å². The fourth-order valence-corrected chi connectivity index (χ4v) is 1.56. The monoisotopic (exact) mass is 186 g/mol. The van der Waals surface area contributed by atoms with Crippen molar-refractivity contribution in [2.75, 3.05) is 0 Å². The molecule has 3 heteroatoms. The van der Waals surface area contributed by atoms with Gasteiger partial charge in [-0.3, -0.25) is 4.79 Å². The molecular formula is C10H18O3. The van der Waals surface area contributed by atoms with Crippen molar-refractivity contribution in [2.45, 2.75) is 38.7 Å². The summed E-state index contributed by atoms with van der Waals surface area (Å²) in [7, 11) is 0. The molecule has 0 rings (SSSR count). The third-order valence-electron chi connectivity index (χ3n) is 2.31. The molecule has 0 aromatic heterocycles. The quantitative estimate of drug-likeness (QED) is 0.622. The molecule has 0 aliphatic carbocycles. The lowest BCUT2D eigenvalue weighted by Crippen LogP contribution is -2.40. The van der Waals surface area contributed by atoms with Crippen molar-refractivity contribution < 1.29 is 15.0 Å². The normalized spacial score (nSPS) is 17.5. The molecule has 0 aromatic rings. The molecule has 0 aliphatic heterocycles. The zero-order valence-electron chi connectivity index (χ0n) is 8.29. The van der Waals surface area contributed by atoms with Crippen LogP contribution in [-0.2, 0) is 4.79 Å². The average molecular weight is 186 g/mol. The molecule has 0 aromatic carbocycles. The van der Waals surface area contributed by atoms with Gasteiger partial charge in [-0.2, -0.15) is 0 Å². The van der Waals surface area contributed by atoms with Gasteiger partial charge in [-0.25, -0.2) is 0 Å². The maximum absolute atomic E-state index is 10.8. The Kier molecular flexibility index (Phi) is 4.70. The third kappa shape index (κ3) is 2.84. The first-order valence-corrected chi connectivity index (χ1v) is 4.60. The van der Waals surface area contributed by atoms with E-state index in [-0.39, 0.29) is 0 Å². The smallest absolute Gasteiger partial charge is 0.309 e. The van der Waals surface area contributed by atoms with Crippen LogP contribution >= 0.6 is 0 Å². The van der Waals surface area contributed by atoms with Crippen LogP contribution in [0.15, 0.2) is 12.7 Å². The van der Waals surface area contributed by atoms with Crippen molar-refractivity contribution in [1.29, 1.82) is 0 Å². The van der Waals surface area contributed by atoms with Crippen LogP contribution in [0.4, 0.5) is 0 Å². The van der Waals surface area contributed by atoms with E-state index in [1.165, 1.54) is 6.08 Å². The SMILES string of the molecule is C=CC(O)(CCC)C(CC)C(=O)O. The predicted octanol–water partition coefficient (Wildman–Crippen LogP) is 1.81. The summed E-state index contributed by atoms with van der Waals surface area (Å²) in [6.07, 6.45) is 2.95. The minimum Gasteiger partial charge on any atom is -0.481 e. The molecular weight excluding hydrogens is 168 g/mol. The molecule has 0 radical (unpaired) electrons. The van der Waals surface area contributed by atoms with Crippen molar-refractivity contribution in [3.05, 3.63) is 12.7 Å². The second-order valence-corrected chi connectivity index (χ2v) is 3.24. The molecule has 0 saturated carbocycles. The van der Waals surface area contributed by atoms with E-state index >= 15 is 0 Å². The number of carboxylic acid groups (broad SMARTS) is 1. The Morgan fingerprint density at radius 3 is 2.38 bits per heavy atom. The van der Waals surface area contributed by atoms with Gasteiger partial charge in [0, 0.05) is 0 Å². The fraction of sp³-hybridized carbons (Fsp3) is 0.700. The van der Waals surface area contributed by atoms with Gasteiger partial charge in [-0.15, -0.1) is 6.58 Å². The molecule has 13 heavy (non-hydrogen) atoms. The lowest BCUT2D eigenvalue weighted by atomic mass is 9.82. The molecule has 2 N–H and O–H groups in total. The largest absolute Gasteiger partial charge is 0.481 e. The molecule has 2 unspecified atom stereocenters. The van der Waals surface area contributed by atoms with E-state index in [0.29, 0.717) is 12.8 Å². The van der Waals surface area contributed by atoms with Gasteiger partial charge >= 0.3 is 5.97 Å². The standard InChI is InChI=1S/C10H18O3/c1-4-7-10(13,6-3)8(5-2)9(11)12/h6,8,13H,3-5,7H2,1-2H3,(H,11,12). The van der Waals surface area contributed by atoms with E-state index < -0.39 is 17.5 Å². The second kappa shape index (κ2) is 5.02. The van der Waals surface area contributed by atoms with Gasteiger partial charge in [0.1, 0.15) is 0 Å². The maximum atomic E-state index is 10.8. The molecule has 2 atom stereocenters. The summed E-state index contributed by atoms with van der Waals surface area (Å²) in [5.74, 6) is -1.71. The minimum atomic E-state index is -1.25. The fourth-order valence-electron chi connectivity index (χ4n) is 1.56. The maximum Gasteiger partial charge on any atom is 0.309 e. The van der Waals surface area contributed by atoms with E-state index in [2.05, 4.69) is 6.58 Å². The topological polar surface area (TPSA) is 57.5 Å². The van der Waals surface area contributed by atoms with Gasteiger partial charge < -0.3 is 10.2 Å². The van der Waals surface area contributed by atoms with Crippen LogP contribution in [-0.4, -0.2) is 21.8 Å². The average Bonchev–Trinajstić information content (AvgIpc) is 2.05. The Bertz CT molecular complexity index is 189. The molecule has 0 saturated heterocycles. The van der Waals surface area contributed by atoms with Gasteiger partial charge in [0.15, 0.2) is 0 Å². The second-order valence-electron chi connectivity index (χ2n) is 3.24. The van der Waals surface area contributed by atoms with Crippen LogP contribution < -0.4 is 0 Å². The number of carboxylic acids is 1. The molecule has 0 bridgehead atoms. The first kappa shape index (κ1) is 12.2. The Labute approximate surface area is 79.1 Å². The summed E-state index contributed by atoms with van der Waals surface area (Å²) in [6, 6.07) is 0. The summed E-state index contributed by atoms with van der Waals surface area (Å²) in [4.78, 5) is 10.8. The molecule has 0 aliphatic rings. The first-order chi connectivity index (χ1) is 6.01. The first-order valence-electron chi connectivity index (χ1n) is 4.60. The number of aliphatic carboxylic acids is 1. The third-order valence-corrected chi connectivity index (χ3v) is 2.31. The van der Waals surface area contributed by atoms with Gasteiger partial charge in [0.05, 0.1) is 11.5 Å². The van der Waals surface area contributed by atoms with Gasteiger partial charge in [-0.05, 0) is 12.8 Å².